The number of terminal acetylenes is 1. The summed E-state index contributed by atoms with van der Waals surface area (Å²) >= 11 is 0. The standard InChI is InChI=1S/C30H37N3O4/c1-9-19-33(28(35)25(20(3)4)32-29(36)37-30(6,7)8)26(23-17-15-22(10-2)16-18-23)27(34)31-24-14-12-11-13-21(24)5/h2,9,11-18,20,25-26H,1,19H2,3-8H3,(H,31,34)(H,32,36). The summed E-state index contributed by atoms with van der Waals surface area (Å²) in [6.07, 6.45) is 6.35. The van der Waals surface area contributed by atoms with Crippen LogP contribution in [0.2, 0.25) is 0 Å². The number of ether oxygens (including phenoxy) is 1. The first-order valence-corrected chi connectivity index (χ1v) is 12.2. The Balaban J connectivity index is 2.52. The average Bonchev–Trinajstić information content (AvgIpc) is 2.82. The van der Waals surface area contributed by atoms with E-state index in [4.69, 9.17) is 11.2 Å². The molecule has 7 heteroatoms. The Morgan fingerprint density at radius 2 is 1.73 bits per heavy atom. The van der Waals surface area contributed by atoms with E-state index in [2.05, 4.69) is 23.1 Å². The maximum absolute atomic E-state index is 13.9. The third-order valence-corrected chi connectivity index (χ3v) is 5.57. The molecule has 7 nitrogen and oxygen atoms in total. The minimum Gasteiger partial charge on any atom is -0.444 e. The summed E-state index contributed by atoms with van der Waals surface area (Å²) in [5, 5.41) is 5.64. The molecular weight excluding hydrogens is 466 g/mol. The van der Waals surface area contributed by atoms with Crippen LogP contribution in [0.4, 0.5) is 10.5 Å². The van der Waals surface area contributed by atoms with Gasteiger partial charge in [-0.15, -0.1) is 13.0 Å². The van der Waals surface area contributed by atoms with Gasteiger partial charge in [0.15, 0.2) is 0 Å². The van der Waals surface area contributed by atoms with Gasteiger partial charge in [-0.3, -0.25) is 9.59 Å². The van der Waals surface area contributed by atoms with Crippen LogP contribution in [0.5, 0.6) is 0 Å². The van der Waals surface area contributed by atoms with Gasteiger partial charge in [0.05, 0.1) is 0 Å². The van der Waals surface area contributed by atoms with Gasteiger partial charge in [0.25, 0.3) is 5.91 Å². The fourth-order valence-electron chi connectivity index (χ4n) is 3.74. The minimum atomic E-state index is -1.02. The Morgan fingerprint density at radius 3 is 2.24 bits per heavy atom. The fraction of sp³-hybridized carbons (Fsp3) is 0.367. The summed E-state index contributed by atoms with van der Waals surface area (Å²) in [5.41, 5.74) is 2.00. The predicted molar refractivity (Wildman–Crippen MR) is 147 cm³/mol. The number of rotatable bonds is 9. The zero-order valence-electron chi connectivity index (χ0n) is 22.5. The molecule has 2 aromatic rings. The van der Waals surface area contributed by atoms with Crippen molar-refractivity contribution in [3.8, 4) is 12.3 Å². The molecule has 0 heterocycles. The Kier molecular flexibility index (Phi) is 10.1. The number of carbonyl (C=O) groups excluding carboxylic acids is 3. The lowest BCUT2D eigenvalue weighted by Gasteiger charge is -2.35. The second-order valence-electron chi connectivity index (χ2n) is 10.1. The van der Waals surface area contributed by atoms with Crippen LogP contribution in [-0.4, -0.2) is 41.0 Å². The highest BCUT2D eigenvalue weighted by molar-refractivity contribution is 5.99. The predicted octanol–water partition coefficient (Wildman–Crippen LogP) is 5.22. The van der Waals surface area contributed by atoms with E-state index in [1.165, 1.54) is 4.90 Å². The van der Waals surface area contributed by atoms with Crippen molar-refractivity contribution in [1.82, 2.24) is 10.2 Å². The summed E-state index contributed by atoms with van der Waals surface area (Å²) in [5.74, 6) is 1.44. The van der Waals surface area contributed by atoms with Gasteiger partial charge in [-0.2, -0.15) is 0 Å². The first-order valence-electron chi connectivity index (χ1n) is 12.2. The van der Waals surface area contributed by atoms with E-state index in [1.807, 2.05) is 39.0 Å². The van der Waals surface area contributed by atoms with Crippen molar-refractivity contribution in [3.05, 3.63) is 77.9 Å². The molecule has 0 fully saturated rings. The topological polar surface area (TPSA) is 87.7 Å². The Labute approximate surface area is 220 Å². The molecule has 0 aromatic heterocycles. The van der Waals surface area contributed by atoms with Gasteiger partial charge in [-0.1, -0.05) is 56.2 Å². The highest BCUT2D eigenvalue weighted by Gasteiger charge is 2.37. The molecule has 2 atom stereocenters. The van der Waals surface area contributed by atoms with E-state index in [0.717, 1.165) is 5.56 Å². The lowest BCUT2D eigenvalue weighted by Crippen LogP contribution is -2.54. The first-order chi connectivity index (χ1) is 17.4. The molecular formula is C30H37N3O4. The fourth-order valence-corrected chi connectivity index (χ4v) is 3.74. The maximum atomic E-state index is 13.9. The number of aryl methyl sites for hydroxylation is 1. The van der Waals surface area contributed by atoms with Gasteiger partial charge < -0.3 is 20.3 Å². The second-order valence-corrected chi connectivity index (χ2v) is 10.1. The molecule has 2 rings (SSSR count). The van der Waals surface area contributed by atoms with Crippen LogP contribution >= 0.6 is 0 Å². The molecule has 3 amide bonds. The van der Waals surface area contributed by atoms with Gasteiger partial charge >= 0.3 is 6.09 Å². The minimum absolute atomic E-state index is 0.0702. The molecule has 0 aliphatic heterocycles. The molecule has 2 unspecified atom stereocenters. The Morgan fingerprint density at radius 1 is 1.11 bits per heavy atom. The molecule has 0 aliphatic rings. The number of para-hydroxylation sites is 1. The van der Waals surface area contributed by atoms with Crippen LogP contribution in [0, 0.1) is 25.2 Å². The third-order valence-electron chi connectivity index (χ3n) is 5.57. The summed E-state index contributed by atoms with van der Waals surface area (Å²) in [6.45, 7) is 14.6. The number of hydrogen-bond acceptors (Lipinski definition) is 4. The molecule has 2 aromatic carbocycles. The van der Waals surface area contributed by atoms with Crippen LogP contribution in [0.1, 0.15) is 57.4 Å². The maximum Gasteiger partial charge on any atom is 0.408 e. The normalized spacial score (nSPS) is 12.6. The van der Waals surface area contributed by atoms with Crippen LogP contribution in [0.25, 0.3) is 0 Å². The molecule has 0 bridgehead atoms. The number of benzene rings is 2. The second kappa shape index (κ2) is 12.8. The third kappa shape index (κ3) is 8.25. The summed E-state index contributed by atoms with van der Waals surface area (Å²) < 4.78 is 5.38. The molecule has 0 saturated carbocycles. The quantitative estimate of drug-likeness (QED) is 0.363. The average molecular weight is 504 g/mol. The lowest BCUT2D eigenvalue weighted by molar-refractivity contribution is -0.141. The summed E-state index contributed by atoms with van der Waals surface area (Å²) in [7, 11) is 0. The van der Waals surface area contributed by atoms with Gasteiger partial charge in [0.2, 0.25) is 5.91 Å². The first kappa shape index (κ1) is 29.2. The highest BCUT2D eigenvalue weighted by atomic mass is 16.6. The van der Waals surface area contributed by atoms with E-state index in [9.17, 15) is 14.4 Å². The van der Waals surface area contributed by atoms with E-state index < -0.39 is 35.6 Å². The van der Waals surface area contributed by atoms with Crippen molar-refractivity contribution < 1.29 is 19.1 Å². The molecule has 0 saturated heterocycles. The lowest BCUT2D eigenvalue weighted by atomic mass is 9.98. The van der Waals surface area contributed by atoms with Crippen LogP contribution in [0.15, 0.2) is 61.2 Å². The smallest absolute Gasteiger partial charge is 0.408 e. The van der Waals surface area contributed by atoms with E-state index in [1.54, 1.807) is 57.2 Å². The monoisotopic (exact) mass is 503 g/mol. The van der Waals surface area contributed by atoms with Crippen molar-refractivity contribution in [2.75, 3.05) is 11.9 Å². The highest BCUT2D eigenvalue weighted by Crippen LogP contribution is 2.26. The number of hydrogen-bond donors (Lipinski definition) is 2. The van der Waals surface area contributed by atoms with Gasteiger partial charge in [0.1, 0.15) is 17.7 Å². The number of amides is 3. The number of alkyl carbamates (subject to hydrolysis) is 1. The molecule has 0 spiro atoms. The van der Waals surface area contributed by atoms with Crippen molar-refractivity contribution >= 4 is 23.6 Å². The van der Waals surface area contributed by atoms with Crippen LogP contribution in [-0.2, 0) is 14.3 Å². The summed E-state index contributed by atoms with van der Waals surface area (Å²) in [6, 6.07) is 12.3. The zero-order chi connectivity index (χ0) is 27.8. The largest absolute Gasteiger partial charge is 0.444 e. The van der Waals surface area contributed by atoms with E-state index in [-0.39, 0.29) is 12.5 Å². The van der Waals surface area contributed by atoms with Crippen molar-refractivity contribution in [1.29, 1.82) is 0 Å². The van der Waals surface area contributed by atoms with Gasteiger partial charge in [-0.05, 0) is 62.9 Å². The molecule has 37 heavy (non-hydrogen) atoms. The summed E-state index contributed by atoms with van der Waals surface area (Å²) in [4.78, 5) is 41.7. The van der Waals surface area contributed by atoms with Gasteiger partial charge in [-0.25, -0.2) is 4.79 Å². The number of anilines is 1. The molecule has 0 aliphatic carbocycles. The number of nitrogens with one attached hydrogen (secondary N) is 2. The zero-order valence-corrected chi connectivity index (χ0v) is 22.5. The van der Waals surface area contributed by atoms with Crippen LogP contribution in [0.3, 0.4) is 0 Å². The number of nitrogens with zero attached hydrogens (tertiary/aromatic N) is 1. The SMILES string of the molecule is C#Cc1ccc(C(C(=O)Nc2ccccc2C)N(CC=C)C(=O)C(NC(=O)OC(C)(C)C)C(C)C)cc1. The molecule has 0 radical (unpaired) electrons. The van der Waals surface area contributed by atoms with E-state index >= 15 is 0 Å². The Bertz CT molecular complexity index is 1160. The van der Waals surface area contributed by atoms with E-state index in [0.29, 0.717) is 16.8 Å². The van der Waals surface area contributed by atoms with Crippen molar-refractivity contribution in [3.63, 3.8) is 0 Å². The van der Waals surface area contributed by atoms with Gasteiger partial charge in [0, 0.05) is 17.8 Å². The van der Waals surface area contributed by atoms with Crippen molar-refractivity contribution in [2.45, 2.75) is 59.2 Å². The van der Waals surface area contributed by atoms with Crippen molar-refractivity contribution in [2.24, 2.45) is 5.92 Å². The molecule has 2 N–H and O–H groups in total. The molecule has 196 valence electrons. The Hall–Kier alpha value is -4.05. The van der Waals surface area contributed by atoms with Crippen LogP contribution < -0.4 is 10.6 Å². The number of carbonyl (C=O) groups is 3.